The highest BCUT2D eigenvalue weighted by molar-refractivity contribution is 5.86. The lowest BCUT2D eigenvalue weighted by Gasteiger charge is -2.10. The van der Waals surface area contributed by atoms with Gasteiger partial charge in [-0.25, -0.2) is 0 Å². The number of alkyl halides is 3. The first kappa shape index (κ1) is 18.3. The fraction of sp³-hybridized carbons (Fsp3) is 0.389. The van der Waals surface area contributed by atoms with Crippen LogP contribution in [-0.2, 0) is 6.18 Å². The van der Waals surface area contributed by atoms with Crippen molar-refractivity contribution < 1.29 is 17.7 Å². The maximum Gasteiger partial charge on any atom is 0.471 e. The molecule has 0 aliphatic carbocycles. The molecule has 1 atom stereocenters. The number of aliphatic imine (C=N–C) groups is 1. The first-order chi connectivity index (χ1) is 12.5. The van der Waals surface area contributed by atoms with Crippen LogP contribution < -0.4 is 5.73 Å². The van der Waals surface area contributed by atoms with Crippen LogP contribution in [0, 0.1) is 0 Å². The molecule has 0 spiro atoms. The van der Waals surface area contributed by atoms with Gasteiger partial charge in [0.1, 0.15) is 0 Å². The lowest BCUT2D eigenvalue weighted by atomic mass is 9.97. The summed E-state index contributed by atoms with van der Waals surface area (Å²) in [6.07, 6.45) is 4.44. The summed E-state index contributed by atoms with van der Waals surface area (Å²) >= 11 is 0. The summed E-state index contributed by atoms with van der Waals surface area (Å²) in [6.45, 7) is 0.713. The zero-order valence-corrected chi connectivity index (χ0v) is 14.0. The second-order valence-electron chi connectivity index (χ2n) is 6.11. The molecule has 2 N–H and O–H groups in total. The fourth-order valence-electron chi connectivity index (χ4n) is 2.84. The maximum absolute atomic E-state index is 12.4. The zero-order valence-electron chi connectivity index (χ0n) is 14.0. The van der Waals surface area contributed by atoms with Crippen molar-refractivity contribution in [3.63, 3.8) is 0 Å². The smallest absolute Gasteiger partial charge is 0.330 e. The molecule has 0 fully saturated rings. The molecule has 0 saturated heterocycles. The molecule has 1 aliphatic rings. The molecule has 0 amide bonds. The Morgan fingerprint density at radius 1 is 1.15 bits per heavy atom. The van der Waals surface area contributed by atoms with Crippen molar-refractivity contribution in [1.82, 2.24) is 10.1 Å². The highest BCUT2D eigenvalue weighted by Crippen LogP contribution is 2.32. The minimum absolute atomic E-state index is 0.121. The largest absolute Gasteiger partial charge is 0.471 e. The number of rotatable bonds is 7. The second-order valence-corrected chi connectivity index (χ2v) is 6.11. The Labute approximate surface area is 148 Å². The van der Waals surface area contributed by atoms with Crippen LogP contribution >= 0.6 is 0 Å². The minimum Gasteiger partial charge on any atom is -0.330 e. The average Bonchev–Trinajstić information content (AvgIpc) is 3.23. The molecule has 1 unspecified atom stereocenters. The molecular formula is C18H19F3N4O. The van der Waals surface area contributed by atoms with Gasteiger partial charge in [0, 0.05) is 6.21 Å². The normalized spacial score (nSPS) is 16.5. The van der Waals surface area contributed by atoms with Crippen LogP contribution in [0.3, 0.4) is 0 Å². The van der Waals surface area contributed by atoms with E-state index in [0.29, 0.717) is 6.54 Å². The summed E-state index contributed by atoms with van der Waals surface area (Å²) in [5.41, 5.74) is 8.54. The second kappa shape index (κ2) is 7.82. The van der Waals surface area contributed by atoms with Crippen LogP contribution in [0.4, 0.5) is 13.2 Å². The molecule has 2 aromatic rings. The van der Waals surface area contributed by atoms with Crippen molar-refractivity contribution in [3.05, 3.63) is 46.6 Å². The van der Waals surface area contributed by atoms with Crippen molar-refractivity contribution in [2.75, 3.05) is 6.54 Å². The Kier molecular flexibility index (Phi) is 5.51. The van der Waals surface area contributed by atoms with Crippen molar-refractivity contribution in [1.29, 1.82) is 0 Å². The molecule has 0 radical (unpaired) electrons. The van der Waals surface area contributed by atoms with Crippen molar-refractivity contribution in [2.24, 2.45) is 10.7 Å². The molecule has 1 aromatic heterocycles. The highest BCUT2D eigenvalue weighted by atomic mass is 19.4. The van der Waals surface area contributed by atoms with E-state index in [2.05, 4.69) is 19.7 Å². The summed E-state index contributed by atoms with van der Waals surface area (Å²) in [5.74, 6) is -1.47. The maximum atomic E-state index is 12.4. The molecule has 0 bridgehead atoms. The van der Waals surface area contributed by atoms with E-state index < -0.39 is 12.1 Å². The molecule has 5 nitrogen and oxygen atoms in total. The fourth-order valence-corrected chi connectivity index (χ4v) is 2.84. The highest BCUT2D eigenvalue weighted by Gasteiger charge is 2.38. The quantitative estimate of drug-likeness (QED) is 0.745. The zero-order chi connectivity index (χ0) is 18.6. The van der Waals surface area contributed by atoms with Gasteiger partial charge in [0.25, 0.3) is 0 Å². The van der Waals surface area contributed by atoms with Gasteiger partial charge >= 0.3 is 12.1 Å². The molecule has 8 heteroatoms. The van der Waals surface area contributed by atoms with E-state index in [1.807, 2.05) is 24.4 Å². The lowest BCUT2D eigenvalue weighted by molar-refractivity contribution is -0.159. The van der Waals surface area contributed by atoms with Crippen LogP contribution in [0.5, 0.6) is 0 Å². The Hall–Kier alpha value is -2.48. The Bertz CT molecular complexity index is 811. The number of aromatic nitrogens is 2. The molecule has 1 aromatic carbocycles. The van der Waals surface area contributed by atoms with Gasteiger partial charge < -0.3 is 10.3 Å². The molecule has 138 valence electrons. The van der Waals surface area contributed by atoms with Crippen LogP contribution in [0.25, 0.3) is 12.2 Å². The van der Waals surface area contributed by atoms with Crippen LogP contribution in [0.2, 0.25) is 0 Å². The summed E-state index contributed by atoms with van der Waals surface area (Å²) in [4.78, 5) is 7.85. The van der Waals surface area contributed by atoms with E-state index in [4.69, 9.17) is 5.73 Å². The Morgan fingerprint density at radius 2 is 2.00 bits per heavy atom. The van der Waals surface area contributed by atoms with Crippen LogP contribution in [0.1, 0.15) is 60.1 Å². The van der Waals surface area contributed by atoms with E-state index in [1.165, 1.54) is 11.6 Å². The molecule has 0 saturated carbocycles. The van der Waals surface area contributed by atoms with Gasteiger partial charge in [-0.1, -0.05) is 36.2 Å². The number of nitrogens with zero attached hydrogens (tertiary/aromatic N) is 3. The standard InChI is InChI=1S/C18H19F3N4O/c19-18(20,21)17-24-16(25-26-17)8-6-12-5-7-14-13(10-12)11-23-15(14)4-2-1-3-9-22/h5-8,10-11,15H,1-4,9,22H2. The van der Waals surface area contributed by atoms with Crippen LogP contribution in [-0.4, -0.2) is 22.9 Å². The van der Waals surface area contributed by atoms with Crippen LogP contribution in [0.15, 0.2) is 27.7 Å². The minimum atomic E-state index is -4.64. The number of unbranched alkanes of at least 4 members (excludes halogenated alkanes) is 2. The predicted molar refractivity (Wildman–Crippen MR) is 92.5 cm³/mol. The third-order valence-electron chi connectivity index (χ3n) is 4.15. The van der Waals surface area contributed by atoms with Gasteiger partial charge in [-0.05, 0) is 48.2 Å². The number of halogens is 3. The lowest BCUT2D eigenvalue weighted by Crippen LogP contribution is -2.04. The van der Waals surface area contributed by atoms with Gasteiger partial charge in [-0.2, -0.15) is 18.2 Å². The summed E-state index contributed by atoms with van der Waals surface area (Å²) in [6, 6.07) is 6.03. The number of hydrogen-bond donors (Lipinski definition) is 1. The molecule has 26 heavy (non-hydrogen) atoms. The van der Waals surface area contributed by atoms with Gasteiger partial charge in [0.05, 0.1) is 6.04 Å². The van der Waals surface area contributed by atoms with E-state index in [-0.39, 0.29) is 11.9 Å². The van der Waals surface area contributed by atoms with Gasteiger partial charge in [-0.3, -0.25) is 4.99 Å². The van der Waals surface area contributed by atoms with Gasteiger partial charge in [0.15, 0.2) is 5.82 Å². The first-order valence-electron chi connectivity index (χ1n) is 8.43. The van der Waals surface area contributed by atoms with E-state index in [0.717, 1.165) is 36.8 Å². The van der Waals surface area contributed by atoms with Crippen molar-refractivity contribution in [3.8, 4) is 0 Å². The number of hydrogen-bond acceptors (Lipinski definition) is 5. The Morgan fingerprint density at radius 3 is 2.73 bits per heavy atom. The summed E-state index contributed by atoms with van der Waals surface area (Å²) in [7, 11) is 0. The molecule has 3 rings (SSSR count). The summed E-state index contributed by atoms with van der Waals surface area (Å²) < 4.78 is 41.5. The third-order valence-corrected chi connectivity index (χ3v) is 4.15. The predicted octanol–water partition coefficient (Wildman–Crippen LogP) is 4.25. The monoisotopic (exact) mass is 364 g/mol. The van der Waals surface area contributed by atoms with Gasteiger partial charge in [0.2, 0.25) is 0 Å². The topological polar surface area (TPSA) is 77.3 Å². The Balaban J connectivity index is 1.65. The van der Waals surface area contributed by atoms with E-state index in [9.17, 15) is 13.2 Å². The molecule has 1 aliphatic heterocycles. The third kappa shape index (κ3) is 4.37. The van der Waals surface area contributed by atoms with Crippen molar-refractivity contribution in [2.45, 2.75) is 37.9 Å². The van der Waals surface area contributed by atoms with E-state index >= 15 is 0 Å². The molecular weight excluding hydrogens is 345 g/mol. The van der Waals surface area contributed by atoms with Crippen molar-refractivity contribution >= 4 is 18.4 Å². The number of benzene rings is 1. The summed E-state index contributed by atoms with van der Waals surface area (Å²) in [5, 5.41) is 3.30. The SMILES string of the molecule is NCCCCCC1N=Cc2cc(C=Cc3noc(C(F)(F)F)n3)ccc21. The first-order valence-corrected chi connectivity index (χ1v) is 8.43. The van der Waals surface area contributed by atoms with Gasteiger partial charge in [-0.15, -0.1) is 0 Å². The van der Waals surface area contributed by atoms with E-state index in [1.54, 1.807) is 6.08 Å². The molecule has 2 heterocycles. The average molecular weight is 364 g/mol. The number of fused-ring (bicyclic) bond motifs is 1. The number of nitrogens with two attached hydrogens (primary N) is 1.